The molecule has 0 aromatic heterocycles. The first kappa shape index (κ1) is 10.4. The molecule has 1 aromatic rings. The van der Waals surface area contributed by atoms with Gasteiger partial charge in [-0.3, -0.25) is 4.79 Å². The third-order valence-corrected chi connectivity index (χ3v) is 2.83. The van der Waals surface area contributed by atoms with Crippen LogP contribution in [0.3, 0.4) is 0 Å². The lowest BCUT2D eigenvalue weighted by Gasteiger charge is -2.05. The van der Waals surface area contributed by atoms with E-state index in [1.807, 2.05) is 12.1 Å². The van der Waals surface area contributed by atoms with Crippen molar-refractivity contribution in [1.29, 1.82) is 0 Å². The Hall–Kier alpha value is -0.670. The van der Waals surface area contributed by atoms with Gasteiger partial charge in [0.2, 0.25) is 0 Å². The summed E-state index contributed by atoms with van der Waals surface area (Å²) in [6, 6.07) is 7.12. The normalized spacial score (nSPS) is 12.5. The summed E-state index contributed by atoms with van der Waals surface area (Å²) >= 11 is 6.99. The number of halogens is 1. The van der Waals surface area contributed by atoms with E-state index in [1.54, 1.807) is 19.1 Å². The summed E-state index contributed by atoms with van der Waals surface area (Å²) in [5.41, 5.74) is 0. The Morgan fingerprint density at radius 2 is 2.00 bits per heavy atom. The standard InChI is InChI=1S/C9H9ClO2S/c1-6(9(11)12)13-8-4-2-7(10)3-5-8/h2-6H,1H3,(H,11,12). The van der Waals surface area contributed by atoms with Gasteiger partial charge in [-0.05, 0) is 31.2 Å². The largest absolute Gasteiger partial charge is 0.480 e. The lowest BCUT2D eigenvalue weighted by molar-refractivity contribution is -0.136. The van der Waals surface area contributed by atoms with Crippen LogP contribution in [0.15, 0.2) is 29.2 Å². The average Bonchev–Trinajstić information content (AvgIpc) is 2.08. The van der Waals surface area contributed by atoms with E-state index >= 15 is 0 Å². The molecule has 0 radical (unpaired) electrons. The number of carbonyl (C=O) groups is 1. The molecule has 0 saturated carbocycles. The van der Waals surface area contributed by atoms with Gasteiger partial charge in [-0.15, -0.1) is 11.8 Å². The highest BCUT2D eigenvalue weighted by Gasteiger charge is 2.11. The Morgan fingerprint density at radius 1 is 1.46 bits per heavy atom. The predicted octanol–water partition coefficient (Wildman–Crippen LogP) is 2.91. The fraction of sp³-hybridized carbons (Fsp3) is 0.222. The molecule has 1 N–H and O–H groups in total. The Balaban J connectivity index is 2.64. The van der Waals surface area contributed by atoms with Crippen LogP contribution in [-0.4, -0.2) is 16.3 Å². The summed E-state index contributed by atoms with van der Waals surface area (Å²) in [5, 5.41) is 8.88. The molecule has 0 aliphatic carbocycles. The second kappa shape index (κ2) is 4.53. The van der Waals surface area contributed by atoms with E-state index in [2.05, 4.69) is 0 Å². The lowest BCUT2D eigenvalue weighted by Crippen LogP contribution is -2.10. The van der Waals surface area contributed by atoms with Crippen molar-refractivity contribution in [2.45, 2.75) is 17.1 Å². The molecule has 0 saturated heterocycles. The minimum absolute atomic E-state index is 0.429. The van der Waals surface area contributed by atoms with Crippen LogP contribution in [0.2, 0.25) is 5.02 Å². The summed E-state index contributed by atoms with van der Waals surface area (Å²) < 4.78 is 0. The zero-order valence-electron chi connectivity index (χ0n) is 7.03. The molecule has 1 unspecified atom stereocenters. The number of hydrogen-bond donors (Lipinski definition) is 1. The van der Waals surface area contributed by atoms with Crippen LogP contribution in [-0.2, 0) is 4.79 Å². The Morgan fingerprint density at radius 3 is 2.46 bits per heavy atom. The summed E-state index contributed by atoms with van der Waals surface area (Å²) in [5.74, 6) is -0.806. The number of carboxylic acid groups (broad SMARTS) is 1. The van der Waals surface area contributed by atoms with Crippen LogP contribution < -0.4 is 0 Å². The molecule has 0 aliphatic heterocycles. The molecule has 0 fully saturated rings. The van der Waals surface area contributed by atoms with Gasteiger partial charge in [-0.25, -0.2) is 0 Å². The van der Waals surface area contributed by atoms with Crippen molar-refractivity contribution >= 4 is 29.3 Å². The summed E-state index contributed by atoms with van der Waals surface area (Å²) in [6.45, 7) is 1.65. The summed E-state index contributed by atoms with van der Waals surface area (Å²) in [6.07, 6.45) is 0. The van der Waals surface area contributed by atoms with Gasteiger partial charge in [0.1, 0.15) is 5.25 Å². The Bertz CT molecular complexity index is 297. The lowest BCUT2D eigenvalue weighted by atomic mass is 10.4. The van der Waals surface area contributed by atoms with Crippen molar-refractivity contribution in [2.75, 3.05) is 0 Å². The topological polar surface area (TPSA) is 37.3 Å². The van der Waals surface area contributed by atoms with Crippen LogP contribution in [0.1, 0.15) is 6.92 Å². The molecule has 4 heteroatoms. The van der Waals surface area contributed by atoms with E-state index in [-0.39, 0.29) is 0 Å². The first-order valence-electron chi connectivity index (χ1n) is 3.74. The molecule has 1 aromatic carbocycles. The molecule has 1 atom stereocenters. The smallest absolute Gasteiger partial charge is 0.316 e. The van der Waals surface area contributed by atoms with E-state index in [9.17, 15) is 4.79 Å². The molecule has 0 bridgehead atoms. The molecule has 0 heterocycles. The number of rotatable bonds is 3. The van der Waals surface area contributed by atoms with Crippen LogP contribution in [0.25, 0.3) is 0 Å². The van der Waals surface area contributed by atoms with Crippen LogP contribution >= 0.6 is 23.4 Å². The maximum Gasteiger partial charge on any atom is 0.316 e. The second-order valence-electron chi connectivity index (χ2n) is 2.55. The second-order valence-corrected chi connectivity index (χ2v) is 4.40. The Labute approximate surface area is 85.9 Å². The highest BCUT2D eigenvalue weighted by Crippen LogP contribution is 2.24. The fourth-order valence-electron chi connectivity index (χ4n) is 0.768. The van der Waals surface area contributed by atoms with E-state index in [1.165, 1.54) is 11.8 Å². The summed E-state index contributed by atoms with van der Waals surface area (Å²) in [4.78, 5) is 11.4. The quantitative estimate of drug-likeness (QED) is 0.790. The van der Waals surface area contributed by atoms with Gasteiger partial charge in [0.05, 0.1) is 0 Å². The number of carboxylic acids is 1. The average molecular weight is 217 g/mol. The molecule has 1 rings (SSSR count). The third-order valence-electron chi connectivity index (χ3n) is 1.47. The van der Waals surface area contributed by atoms with Crippen molar-refractivity contribution in [3.8, 4) is 0 Å². The van der Waals surface area contributed by atoms with E-state index in [4.69, 9.17) is 16.7 Å². The van der Waals surface area contributed by atoms with Crippen molar-refractivity contribution in [2.24, 2.45) is 0 Å². The molecular formula is C9H9ClO2S. The van der Waals surface area contributed by atoms with Crippen molar-refractivity contribution in [1.82, 2.24) is 0 Å². The van der Waals surface area contributed by atoms with Gasteiger partial charge in [0, 0.05) is 9.92 Å². The van der Waals surface area contributed by atoms with Crippen LogP contribution in [0.5, 0.6) is 0 Å². The zero-order valence-corrected chi connectivity index (χ0v) is 8.60. The minimum atomic E-state index is -0.806. The molecule has 13 heavy (non-hydrogen) atoms. The number of benzene rings is 1. The third kappa shape index (κ3) is 3.28. The van der Waals surface area contributed by atoms with Gasteiger partial charge >= 0.3 is 5.97 Å². The van der Waals surface area contributed by atoms with Gasteiger partial charge < -0.3 is 5.11 Å². The highest BCUT2D eigenvalue weighted by molar-refractivity contribution is 8.00. The summed E-state index contributed by atoms with van der Waals surface area (Å²) in [7, 11) is 0. The van der Waals surface area contributed by atoms with E-state index in [0.29, 0.717) is 5.02 Å². The van der Waals surface area contributed by atoms with Crippen molar-refractivity contribution in [3.05, 3.63) is 29.3 Å². The van der Waals surface area contributed by atoms with Crippen LogP contribution in [0.4, 0.5) is 0 Å². The monoisotopic (exact) mass is 216 g/mol. The van der Waals surface area contributed by atoms with E-state index < -0.39 is 11.2 Å². The van der Waals surface area contributed by atoms with Crippen LogP contribution in [0, 0.1) is 0 Å². The molecule has 0 aliphatic rings. The SMILES string of the molecule is CC(Sc1ccc(Cl)cc1)C(=O)O. The molecule has 2 nitrogen and oxygen atoms in total. The maximum absolute atomic E-state index is 10.5. The van der Waals surface area contributed by atoms with E-state index in [0.717, 1.165) is 4.90 Å². The number of thioether (sulfide) groups is 1. The van der Waals surface area contributed by atoms with Gasteiger partial charge in [-0.1, -0.05) is 11.6 Å². The maximum atomic E-state index is 10.5. The molecule has 0 amide bonds. The molecule has 70 valence electrons. The first-order chi connectivity index (χ1) is 6.09. The Kier molecular flexibility index (Phi) is 3.63. The van der Waals surface area contributed by atoms with Gasteiger partial charge in [0.15, 0.2) is 0 Å². The first-order valence-corrected chi connectivity index (χ1v) is 5.00. The molecule has 0 spiro atoms. The molecular weight excluding hydrogens is 208 g/mol. The highest BCUT2D eigenvalue weighted by atomic mass is 35.5. The number of hydrogen-bond acceptors (Lipinski definition) is 2. The van der Waals surface area contributed by atoms with Gasteiger partial charge in [0.25, 0.3) is 0 Å². The minimum Gasteiger partial charge on any atom is -0.480 e. The predicted molar refractivity (Wildman–Crippen MR) is 54.4 cm³/mol. The zero-order chi connectivity index (χ0) is 9.84. The fourth-order valence-corrected chi connectivity index (χ4v) is 1.70. The van der Waals surface area contributed by atoms with Crippen molar-refractivity contribution in [3.63, 3.8) is 0 Å². The van der Waals surface area contributed by atoms with Crippen molar-refractivity contribution < 1.29 is 9.90 Å². The van der Waals surface area contributed by atoms with Gasteiger partial charge in [-0.2, -0.15) is 0 Å². The number of aliphatic carboxylic acids is 1.